The topological polar surface area (TPSA) is 17.1 Å². The van der Waals surface area contributed by atoms with Crippen LogP contribution in [0.25, 0.3) is 33.7 Å². The molecule has 1 heteroatoms. The highest BCUT2D eigenvalue weighted by Gasteiger charge is 2.29. The number of rotatable bonds is 3. The summed E-state index contributed by atoms with van der Waals surface area (Å²) in [6, 6.07) is 40.0. The quantitative estimate of drug-likeness (QED) is 0.252. The van der Waals surface area contributed by atoms with Gasteiger partial charge in [-0.3, -0.25) is 4.79 Å². The van der Waals surface area contributed by atoms with E-state index in [-0.39, 0.29) is 11.7 Å². The Morgan fingerprint density at radius 2 is 0.971 bits per heavy atom. The molecule has 6 rings (SSSR count). The van der Waals surface area contributed by atoms with Gasteiger partial charge in [-0.15, -0.1) is 0 Å². The van der Waals surface area contributed by atoms with E-state index in [0.29, 0.717) is 0 Å². The van der Waals surface area contributed by atoms with E-state index in [1.165, 1.54) is 27.1 Å². The predicted molar refractivity (Wildman–Crippen MR) is 147 cm³/mol. The molecule has 0 aromatic heterocycles. The second-order valence-corrected chi connectivity index (χ2v) is 9.32. The number of hydrogen-bond acceptors (Lipinski definition) is 1. The SMILES string of the molecule is O=C1/C(=C\c2cccc3ccccc23)CC(c2ccccc2)C/C1=C\c1cccc2ccccc12. The van der Waals surface area contributed by atoms with E-state index < -0.39 is 0 Å². The Balaban J connectivity index is 1.48. The summed E-state index contributed by atoms with van der Waals surface area (Å²) < 4.78 is 0. The molecule has 1 nitrogen and oxygen atoms in total. The molecule has 0 radical (unpaired) electrons. The van der Waals surface area contributed by atoms with E-state index in [1.807, 2.05) is 0 Å². The maximum atomic E-state index is 13.8. The van der Waals surface area contributed by atoms with Crippen molar-refractivity contribution in [2.45, 2.75) is 18.8 Å². The van der Waals surface area contributed by atoms with Crippen LogP contribution in [-0.2, 0) is 4.79 Å². The first-order valence-electron chi connectivity index (χ1n) is 12.2. The highest BCUT2D eigenvalue weighted by Crippen LogP contribution is 2.39. The molecule has 1 atom stereocenters. The Hall–Kier alpha value is -4.23. The molecule has 5 aromatic rings. The monoisotopic (exact) mass is 450 g/mol. The summed E-state index contributed by atoms with van der Waals surface area (Å²) in [5.74, 6) is 0.439. The molecule has 5 aromatic carbocycles. The zero-order valence-corrected chi connectivity index (χ0v) is 19.5. The van der Waals surface area contributed by atoms with E-state index >= 15 is 0 Å². The van der Waals surface area contributed by atoms with Gasteiger partial charge in [-0.1, -0.05) is 115 Å². The Bertz CT molecular complexity index is 1490. The Morgan fingerprint density at radius 3 is 1.51 bits per heavy atom. The fraction of sp³-hybridized carbons (Fsp3) is 0.0882. The van der Waals surface area contributed by atoms with E-state index in [1.54, 1.807) is 0 Å². The molecule has 35 heavy (non-hydrogen) atoms. The van der Waals surface area contributed by atoms with Crippen LogP contribution in [0.3, 0.4) is 0 Å². The van der Waals surface area contributed by atoms with Gasteiger partial charge in [-0.2, -0.15) is 0 Å². The van der Waals surface area contributed by atoms with Gasteiger partial charge in [0.05, 0.1) is 0 Å². The first-order valence-corrected chi connectivity index (χ1v) is 12.2. The summed E-state index contributed by atoms with van der Waals surface area (Å²) in [7, 11) is 0. The summed E-state index contributed by atoms with van der Waals surface area (Å²) >= 11 is 0. The lowest BCUT2D eigenvalue weighted by Gasteiger charge is -2.26. The molecule has 1 saturated carbocycles. The van der Waals surface area contributed by atoms with Crippen LogP contribution >= 0.6 is 0 Å². The third-order valence-corrected chi connectivity index (χ3v) is 7.09. The zero-order chi connectivity index (χ0) is 23.6. The van der Waals surface area contributed by atoms with Gasteiger partial charge < -0.3 is 0 Å². The number of carbonyl (C=O) groups is 1. The smallest absolute Gasteiger partial charge is 0.185 e. The summed E-state index contributed by atoms with van der Waals surface area (Å²) in [4.78, 5) is 13.8. The van der Waals surface area contributed by atoms with Crippen LogP contribution in [0.4, 0.5) is 0 Å². The van der Waals surface area contributed by atoms with Crippen molar-refractivity contribution in [1.29, 1.82) is 0 Å². The molecule has 168 valence electrons. The predicted octanol–water partition coefficient (Wildman–Crippen LogP) is 8.61. The first-order chi connectivity index (χ1) is 17.3. The number of Topliss-reactive ketones (excluding diaryl/α,β-unsaturated/α-hetero) is 1. The number of carbonyl (C=O) groups excluding carboxylic acids is 1. The Labute approximate surface area is 206 Å². The third kappa shape index (κ3) is 4.22. The summed E-state index contributed by atoms with van der Waals surface area (Å²) in [5.41, 5.74) is 5.25. The molecular formula is C34H26O. The van der Waals surface area contributed by atoms with Crippen molar-refractivity contribution in [2.75, 3.05) is 0 Å². The number of hydrogen-bond donors (Lipinski definition) is 0. The van der Waals surface area contributed by atoms with Crippen LogP contribution in [-0.4, -0.2) is 5.78 Å². The van der Waals surface area contributed by atoms with Crippen molar-refractivity contribution in [3.8, 4) is 0 Å². The molecule has 1 aliphatic carbocycles. The zero-order valence-electron chi connectivity index (χ0n) is 19.5. The maximum Gasteiger partial charge on any atom is 0.185 e. The van der Waals surface area contributed by atoms with Crippen LogP contribution < -0.4 is 0 Å². The number of benzene rings is 5. The van der Waals surface area contributed by atoms with Crippen molar-refractivity contribution < 1.29 is 4.79 Å². The molecule has 0 bridgehead atoms. The van der Waals surface area contributed by atoms with Crippen molar-refractivity contribution in [3.05, 3.63) is 143 Å². The number of ketones is 1. The van der Waals surface area contributed by atoms with E-state index in [2.05, 4.69) is 127 Å². The van der Waals surface area contributed by atoms with Gasteiger partial charge in [0, 0.05) is 11.1 Å². The van der Waals surface area contributed by atoms with Crippen molar-refractivity contribution in [3.63, 3.8) is 0 Å². The van der Waals surface area contributed by atoms with Crippen molar-refractivity contribution in [2.24, 2.45) is 0 Å². The van der Waals surface area contributed by atoms with Crippen LogP contribution in [0.5, 0.6) is 0 Å². The van der Waals surface area contributed by atoms with Crippen molar-refractivity contribution >= 4 is 39.5 Å². The normalized spacial score (nSPS) is 18.5. The molecule has 1 aliphatic rings. The minimum absolute atomic E-state index is 0.165. The fourth-order valence-corrected chi connectivity index (χ4v) is 5.33. The summed E-state index contributed by atoms with van der Waals surface area (Å²) in [6.07, 6.45) is 5.74. The molecule has 1 unspecified atom stereocenters. The highest BCUT2D eigenvalue weighted by atomic mass is 16.1. The van der Waals surface area contributed by atoms with Gasteiger partial charge in [0.1, 0.15) is 0 Å². The molecule has 0 N–H and O–H groups in total. The lowest BCUT2D eigenvalue weighted by Crippen LogP contribution is -2.19. The minimum atomic E-state index is 0.165. The molecular weight excluding hydrogens is 424 g/mol. The van der Waals surface area contributed by atoms with Crippen molar-refractivity contribution in [1.82, 2.24) is 0 Å². The van der Waals surface area contributed by atoms with Crippen LogP contribution in [0.2, 0.25) is 0 Å². The van der Waals surface area contributed by atoms with Gasteiger partial charge in [-0.25, -0.2) is 0 Å². The van der Waals surface area contributed by atoms with Gasteiger partial charge in [-0.05, 0) is 69.1 Å². The average Bonchev–Trinajstić information content (AvgIpc) is 2.92. The number of fused-ring (bicyclic) bond motifs is 2. The van der Waals surface area contributed by atoms with E-state index in [0.717, 1.165) is 35.1 Å². The average molecular weight is 451 g/mol. The third-order valence-electron chi connectivity index (χ3n) is 7.09. The van der Waals surface area contributed by atoms with Crippen LogP contribution in [0, 0.1) is 0 Å². The standard InChI is InChI=1S/C34H26O/c35-34-30(20-27-16-8-14-25-12-4-6-18-32(25)27)22-29(24-10-2-1-3-11-24)23-31(34)21-28-17-9-15-26-13-5-7-19-33(26)28/h1-21,29H,22-23H2/b30-20-,31-21+. The largest absolute Gasteiger partial charge is 0.289 e. The lowest BCUT2D eigenvalue weighted by atomic mass is 9.76. The highest BCUT2D eigenvalue weighted by molar-refractivity contribution is 6.15. The van der Waals surface area contributed by atoms with Crippen LogP contribution in [0.15, 0.2) is 126 Å². The lowest BCUT2D eigenvalue weighted by molar-refractivity contribution is -0.113. The number of allylic oxidation sites excluding steroid dienone is 2. The molecule has 0 heterocycles. The Morgan fingerprint density at radius 1 is 0.514 bits per heavy atom. The second kappa shape index (κ2) is 9.19. The molecule has 0 amide bonds. The van der Waals surface area contributed by atoms with Gasteiger partial charge in [0.15, 0.2) is 5.78 Å². The van der Waals surface area contributed by atoms with E-state index in [9.17, 15) is 4.79 Å². The fourth-order valence-electron chi connectivity index (χ4n) is 5.33. The van der Waals surface area contributed by atoms with Gasteiger partial charge in [0.2, 0.25) is 0 Å². The molecule has 0 saturated heterocycles. The van der Waals surface area contributed by atoms with Gasteiger partial charge in [0.25, 0.3) is 0 Å². The molecule has 0 aliphatic heterocycles. The minimum Gasteiger partial charge on any atom is -0.289 e. The first kappa shape index (κ1) is 21.3. The second-order valence-electron chi connectivity index (χ2n) is 9.32. The van der Waals surface area contributed by atoms with Crippen LogP contribution in [0.1, 0.15) is 35.4 Å². The Kier molecular flexibility index (Phi) is 5.60. The van der Waals surface area contributed by atoms with E-state index in [4.69, 9.17) is 0 Å². The molecule has 1 fully saturated rings. The molecule has 0 spiro atoms. The summed E-state index contributed by atoms with van der Waals surface area (Å²) in [6.45, 7) is 0. The van der Waals surface area contributed by atoms with Gasteiger partial charge >= 0.3 is 0 Å². The maximum absolute atomic E-state index is 13.8. The summed E-state index contributed by atoms with van der Waals surface area (Å²) in [5, 5.41) is 4.74.